The zero-order valence-electron chi connectivity index (χ0n) is 14.3. The molecule has 2 heterocycles. The smallest absolute Gasteiger partial charge is 0.233 e. The highest BCUT2D eigenvalue weighted by atomic mass is 32.2. The molecule has 0 N–H and O–H groups in total. The largest absolute Gasteiger partial charge is 0.378 e. The molecule has 0 spiro atoms. The fraction of sp³-hybridized carbons (Fsp3) is 0.250. The van der Waals surface area contributed by atoms with E-state index in [0.717, 1.165) is 16.3 Å². The third-order valence-electron chi connectivity index (χ3n) is 4.39. The van der Waals surface area contributed by atoms with Crippen LogP contribution in [0.3, 0.4) is 0 Å². The fourth-order valence-corrected chi connectivity index (χ4v) is 3.66. The average Bonchev–Trinajstić information content (AvgIpc) is 2.72. The molecular weight excluding hydrogens is 346 g/mol. The molecule has 1 aliphatic heterocycles. The van der Waals surface area contributed by atoms with Crippen molar-refractivity contribution in [1.82, 2.24) is 15.1 Å². The zero-order valence-corrected chi connectivity index (χ0v) is 15.1. The number of carbonyl (C=O) groups excluding carboxylic acids is 1. The summed E-state index contributed by atoms with van der Waals surface area (Å²) >= 11 is 1.42. The number of fused-ring (bicyclic) bond motifs is 1. The van der Waals surface area contributed by atoms with Crippen molar-refractivity contribution in [3.8, 4) is 11.3 Å². The molecule has 6 heteroatoms. The molecule has 2 aromatic carbocycles. The SMILES string of the molecule is O=C(CSc1ccc(-c2ccc3ccccc3c2)nn1)N1CCOCC1. The average molecular weight is 365 g/mol. The van der Waals surface area contributed by atoms with E-state index in [-0.39, 0.29) is 5.91 Å². The minimum Gasteiger partial charge on any atom is -0.378 e. The predicted molar refractivity (Wildman–Crippen MR) is 103 cm³/mol. The Bertz CT molecular complexity index is 908. The van der Waals surface area contributed by atoms with Gasteiger partial charge < -0.3 is 9.64 Å². The molecule has 0 bridgehead atoms. The number of thioether (sulfide) groups is 1. The van der Waals surface area contributed by atoms with Gasteiger partial charge in [-0.05, 0) is 29.0 Å². The minimum absolute atomic E-state index is 0.124. The number of carbonyl (C=O) groups is 1. The van der Waals surface area contributed by atoms with E-state index in [4.69, 9.17) is 4.74 Å². The number of aromatic nitrogens is 2. The molecule has 1 fully saturated rings. The highest BCUT2D eigenvalue weighted by molar-refractivity contribution is 7.99. The van der Waals surface area contributed by atoms with Gasteiger partial charge in [-0.1, -0.05) is 48.2 Å². The Labute approximate surface area is 156 Å². The van der Waals surface area contributed by atoms with Crippen LogP contribution >= 0.6 is 11.8 Å². The lowest BCUT2D eigenvalue weighted by molar-refractivity contribution is -0.132. The van der Waals surface area contributed by atoms with Crippen molar-refractivity contribution < 1.29 is 9.53 Å². The third kappa shape index (κ3) is 3.86. The van der Waals surface area contributed by atoms with Gasteiger partial charge in [-0.15, -0.1) is 10.2 Å². The maximum atomic E-state index is 12.2. The lowest BCUT2D eigenvalue weighted by Gasteiger charge is -2.26. The summed E-state index contributed by atoms with van der Waals surface area (Å²) in [6.07, 6.45) is 0. The van der Waals surface area contributed by atoms with Gasteiger partial charge in [-0.2, -0.15) is 0 Å². The van der Waals surface area contributed by atoms with Crippen molar-refractivity contribution >= 4 is 28.4 Å². The predicted octanol–water partition coefficient (Wildman–Crippen LogP) is 3.25. The lowest BCUT2D eigenvalue weighted by Crippen LogP contribution is -2.41. The van der Waals surface area contributed by atoms with Gasteiger partial charge in [0.25, 0.3) is 0 Å². The summed E-state index contributed by atoms with van der Waals surface area (Å²) in [5.41, 5.74) is 1.87. The van der Waals surface area contributed by atoms with Gasteiger partial charge in [-0.3, -0.25) is 4.79 Å². The van der Waals surface area contributed by atoms with E-state index in [9.17, 15) is 4.79 Å². The number of hydrogen-bond donors (Lipinski definition) is 0. The number of nitrogens with zero attached hydrogens (tertiary/aromatic N) is 3. The number of morpholine rings is 1. The summed E-state index contributed by atoms with van der Waals surface area (Å²) < 4.78 is 5.27. The lowest BCUT2D eigenvalue weighted by atomic mass is 10.1. The Morgan fingerprint density at radius 2 is 1.81 bits per heavy atom. The van der Waals surface area contributed by atoms with Crippen LogP contribution in [-0.4, -0.2) is 53.1 Å². The first-order valence-electron chi connectivity index (χ1n) is 8.61. The Morgan fingerprint density at radius 3 is 2.58 bits per heavy atom. The van der Waals surface area contributed by atoms with E-state index in [2.05, 4.69) is 40.5 Å². The first kappa shape index (κ1) is 17.0. The molecule has 3 aromatic rings. The molecule has 1 aliphatic rings. The van der Waals surface area contributed by atoms with Gasteiger partial charge in [0.2, 0.25) is 5.91 Å². The summed E-state index contributed by atoms with van der Waals surface area (Å²) in [6, 6.07) is 18.4. The van der Waals surface area contributed by atoms with Crippen molar-refractivity contribution in [3.05, 3.63) is 54.6 Å². The van der Waals surface area contributed by atoms with Gasteiger partial charge >= 0.3 is 0 Å². The molecule has 0 unspecified atom stereocenters. The highest BCUT2D eigenvalue weighted by Gasteiger charge is 2.17. The number of benzene rings is 2. The van der Waals surface area contributed by atoms with E-state index >= 15 is 0 Å². The first-order chi connectivity index (χ1) is 12.8. The summed E-state index contributed by atoms with van der Waals surface area (Å²) in [7, 11) is 0. The molecule has 5 nitrogen and oxygen atoms in total. The maximum absolute atomic E-state index is 12.2. The van der Waals surface area contributed by atoms with E-state index < -0.39 is 0 Å². The highest BCUT2D eigenvalue weighted by Crippen LogP contribution is 2.24. The topological polar surface area (TPSA) is 55.3 Å². The zero-order chi connectivity index (χ0) is 17.8. The van der Waals surface area contributed by atoms with Crippen LogP contribution in [0.2, 0.25) is 0 Å². The quantitative estimate of drug-likeness (QED) is 0.665. The molecule has 1 amide bonds. The van der Waals surface area contributed by atoms with Crippen molar-refractivity contribution in [2.75, 3.05) is 32.1 Å². The van der Waals surface area contributed by atoms with E-state index in [0.29, 0.717) is 32.1 Å². The van der Waals surface area contributed by atoms with Gasteiger partial charge in [-0.25, -0.2) is 0 Å². The van der Waals surface area contributed by atoms with Crippen LogP contribution in [0.4, 0.5) is 0 Å². The van der Waals surface area contributed by atoms with Gasteiger partial charge in [0, 0.05) is 18.7 Å². The summed E-state index contributed by atoms with van der Waals surface area (Å²) in [5.74, 6) is 0.503. The second kappa shape index (κ2) is 7.85. The Morgan fingerprint density at radius 1 is 1.00 bits per heavy atom. The normalized spacial score (nSPS) is 14.5. The van der Waals surface area contributed by atoms with Crippen LogP contribution in [0.25, 0.3) is 22.0 Å². The molecule has 1 aromatic heterocycles. The first-order valence-corrected chi connectivity index (χ1v) is 9.59. The number of hydrogen-bond acceptors (Lipinski definition) is 5. The van der Waals surface area contributed by atoms with Crippen LogP contribution in [0.5, 0.6) is 0 Å². The molecule has 0 radical (unpaired) electrons. The van der Waals surface area contributed by atoms with Crippen LogP contribution < -0.4 is 0 Å². The van der Waals surface area contributed by atoms with Crippen molar-refractivity contribution in [1.29, 1.82) is 0 Å². The molecular formula is C20H19N3O2S. The monoisotopic (exact) mass is 365 g/mol. The number of amides is 1. The summed E-state index contributed by atoms with van der Waals surface area (Å²) in [5, 5.41) is 11.7. The van der Waals surface area contributed by atoms with Crippen LogP contribution in [0, 0.1) is 0 Å². The number of ether oxygens (including phenoxy) is 1. The maximum Gasteiger partial charge on any atom is 0.233 e. The molecule has 26 heavy (non-hydrogen) atoms. The number of rotatable bonds is 4. The Balaban J connectivity index is 1.41. The Hall–Kier alpha value is -2.44. The second-order valence-corrected chi connectivity index (χ2v) is 7.10. The van der Waals surface area contributed by atoms with E-state index in [1.54, 1.807) is 0 Å². The standard InChI is InChI=1S/C20H19N3O2S/c24-20(23-9-11-25-12-10-23)14-26-19-8-7-18(21-22-19)17-6-5-15-3-1-2-4-16(15)13-17/h1-8,13H,9-12,14H2. The van der Waals surface area contributed by atoms with Gasteiger partial charge in [0.15, 0.2) is 0 Å². The molecule has 132 valence electrons. The molecule has 0 atom stereocenters. The fourth-order valence-electron chi connectivity index (χ4n) is 2.94. The van der Waals surface area contributed by atoms with Gasteiger partial charge in [0.1, 0.15) is 5.03 Å². The second-order valence-electron chi connectivity index (χ2n) is 6.10. The van der Waals surface area contributed by atoms with Crippen LogP contribution in [0.15, 0.2) is 59.6 Å². The van der Waals surface area contributed by atoms with Gasteiger partial charge in [0.05, 0.1) is 24.7 Å². The summed E-state index contributed by atoms with van der Waals surface area (Å²) in [4.78, 5) is 14.0. The third-order valence-corrected chi connectivity index (χ3v) is 5.30. The van der Waals surface area contributed by atoms with E-state index in [1.165, 1.54) is 22.5 Å². The molecule has 1 saturated heterocycles. The van der Waals surface area contributed by atoms with Crippen molar-refractivity contribution in [2.24, 2.45) is 0 Å². The van der Waals surface area contributed by atoms with E-state index in [1.807, 2.05) is 29.2 Å². The van der Waals surface area contributed by atoms with Crippen molar-refractivity contribution in [3.63, 3.8) is 0 Å². The van der Waals surface area contributed by atoms with Crippen LogP contribution in [0.1, 0.15) is 0 Å². The minimum atomic E-state index is 0.124. The van der Waals surface area contributed by atoms with Crippen LogP contribution in [-0.2, 0) is 9.53 Å². The molecule has 0 saturated carbocycles. The summed E-state index contributed by atoms with van der Waals surface area (Å²) in [6.45, 7) is 2.59. The van der Waals surface area contributed by atoms with Crippen molar-refractivity contribution in [2.45, 2.75) is 5.03 Å². The molecule has 0 aliphatic carbocycles. The molecule has 4 rings (SSSR count). The Kier molecular flexibility index (Phi) is 5.13.